The Bertz CT molecular complexity index is 746. The van der Waals surface area contributed by atoms with Crippen molar-refractivity contribution in [3.8, 4) is 11.5 Å². The van der Waals surface area contributed by atoms with Crippen molar-refractivity contribution in [3.63, 3.8) is 0 Å². The van der Waals surface area contributed by atoms with Gasteiger partial charge in [0.15, 0.2) is 17.5 Å². The monoisotopic (exact) mass is 398 g/mol. The number of benzene rings is 2. The summed E-state index contributed by atoms with van der Waals surface area (Å²) in [5.74, 6) is 2.28. The van der Waals surface area contributed by atoms with Crippen LogP contribution in [0, 0.1) is 0 Å². The topological polar surface area (TPSA) is 58.1 Å². The van der Waals surface area contributed by atoms with Crippen molar-refractivity contribution in [1.82, 2.24) is 15.5 Å². The normalized spacial score (nSPS) is 11.4. The van der Waals surface area contributed by atoms with Crippen molar-refractivity contribution in [2.75, 3.05) is 40.4 Å². The summed E-state index contributed by atoms with van der Waals surface area (Å²) in [5.41, 5.74) is 2.31. The summed E-state index contributed by atoms with van der Waals surface area (Å²) in [6.07, 6.45) is 0. The summed E-state index contributed by atoms with van der Waals surface area (Å²) in [6.45, 7) is 9.30. The second-order valence-electron chi connectivity index (χ2n) is 6.63. The van der Waals surface area contributed by atoms with Gasteiger partial charge in [-0.1, -0.05) is 50.2 Å². The number of hydrogen-bond acceptors (Lipinski definition) is 4. The number of hydrogen-bond donors (Lipinski definition) is 2. The number of methoxy groups -OCH3 is 1. The van der Waals surface area contributed by atoms with Crippen LogP contribution in [0.3, 0.4) is 0 Å². The van der Waals surface area contributed by atoms with Gasteiger partial charge in [-0.15, -0.1) is 0 Å². The van der Waals surface area contributed by atoms with Crippen LogP contribution in [0.15, 0.2) is 53.5 Å². The second-order valence-corrected chi connectivity index (χ2v) is 6.63. The third kappa shape index (κ3) is 7.66. The molecule has 0 atom stereocenters. The number of likely N-dealkylation sites (N-methyl/N-ethyl adjacent to an activating group) is 1. The molecular weight excluding hydrogens is 364 g/mol. The summed E-state index contributed by atoms with van der Waals surface area (Å²) in [7, 11) is 3.44. The summed E-state index contributed by atoms with van der Waals surface area (Å²) in [4.78, 5) is 6.62. The smallest absolute Gasteiger partial charge is 0.191 e. The van der Waals surface area contributed by atoms with Crippen molar-refractivity contribution >= 4 is 5.96 Å². The van der Waals surface area contributed by atoms with E-state index in [1.54, 1.807) is 14.2 Å². The zero-order valence-electron chi connectivity index (χ0n) is 18.1. The van der Waals surface area contributed by atoms with Crippen molar-refractivity contribution < 1.29 is 9.47 Å². The van der Waals surface area contributed by atoms with E-state index in [-0.39, 0.29) is 0 Å². The van der Waals surface area contributed by atoms with Gasteiger partial charge in [-0.2, -0.15) is 0 Å². The standard InChI is InChI=1S/C23H34N4O2/c1-5-27(6-2)14-15-29-21-13-12-20(16-22(21)28-4)18-26-23(24-3)25-17-19-10-8-7-9-11-19/h7-13,16H,5-6,14-15,17-18H2,1-4H3,(H2,24,25,26). The maximum absolute atomic E-state index is 5.93. The Balaban J connectivity index is 1.86. The molecule has 2 N–H and O–H groups in total. The average Bonchev–Trinajstić information content (AvgIpc) is 2.78. The maximum atomic E-state index is 5.93. The van der Waals surface area contributed by atoms with Crippen LogP contribution in [0.1, 0.15) is 25.0 Å². The van der Waals surface area contributed by atoms with Crippen LogP contribution >= 0.6 is 0 Å². The van der Waals surface area contributed by atoms with Crippen LogP contribution in [0.25, 0.3) is 0 Å². The predicted octanol–water partition coefficient (Wildman–Crippen LogP) is 3.28. The van der Waals surface area contributed by atoms with E-state index >= 15 is 0 Å². The minimum Gasteiger partial charge on any atom is -0.493 e. The number of nitrogens with zero attached hydrogens (tertiary/aromatic N) is 2. The molecule has 0 unspecified atom stereocenters. The molecule has 0 aliphatic rings. The zero-order chi connectivity index (χ0) is 20.9. The Morgan fingerprint density at radius 2 is 1.62 bits per heavy atom. The molecule has 0 heterocycles. The van der Waals surface area contributed by atoms with Gasteiger partial charge in [-0.3, -0.25) is 4.99 Å². The van der Waals surface area contributed by atoms with Crippen LogP contribution < -0.4 is 20.1 Å². The lowest BCUT2D eigenvalue weighted by molar-refractivity contribution is 0.217. The molecule has 0 aliphatic carbocycles. The van der Waals surface area contributed by atoms with E-state index in [0.29, 0.717) is 13.2 Å². The highest BCUT2D eigenvalue weighted by Gasteiger charge is 2.08. The Morgan fingerprint density at radius 3 is 2.24 bits per heavy atom. The van der Waals surface area contributed by atoms with Gasteiger partial charge in [0.25, 0.3) is 0 Å². The van der Waals surface area contributed by atoms with E-state index in [4.69, 9.17) is 9.47 Å². The highest BCUT2D eigenvalue weighted by molar-refractivity contribution is 5.79. The minimum absolute atomic E-state index is 0.643. The Hall–Kier alpha value is -2.73. The first-order valence-electron chi connectivity index (χ1n) is 10.2. The molecule has 0 radical (unpaired) electrons. The third-order valence-electron chi connectivity index (χ3n) is 4.77. The number of nitrogens with one attached hydrogen (secondary N) is 2. The molecule has 2 rings (SSSR count). The molecule has 2 aromatic rings. The first-order valence-corrected chi connectivity index (χ1v) is 10.2. The van der Waals surface area contributed by atoms with E-state index in [2.05, 4.69) is 46.5 Å². The number of rotatable bonds is 11. The summed E-state index contributed by atoms with van der Waals surface area (Å²) < 4.78 is 11.5. The highest BCUT2D eigenvalue weighted by Crippen LogP contribution is 2.28. The lowest BCUT2D eigenvalue weighted by Crippen LogP contribution is -2.36. The van der Waals surface area contributed by atoms with Gasteiger partial charge in [0, 0.05) is 26.7 Å². The van der Waals surface area contributed by atoms with Gasteiger partial charge in [-0.05, 0) is 36.3 Å². The third-order valence-corrected chi connectivity index (χ3v) is 4.77. The lowest BCUT2D eigenvalue weighted by Gasteiger charge is -2.19. The zero-order valence-corrected chi connectivity index (χ0v) is 18.1. The maximum Gasteiger partial charge on any atom is 0.191 e. The molecular formula is C23H34N4O2. The number of guanidine groups is 1. The average molecular weight is 399 g/mol. The molecule has 29 heavy (non-hydrogen) atoms. The number of aliphatic imine (C=N–C) groups is 1. The predicted molar refractivity (Wildman–Crippen MR) is 120 cm³/mol. The molecule has 0 saturated heterocycles. The van der Waals surface area contributed by atoms with Crippen molar-refractivity contribution in [2.45, 2.75) is 26.9 Å². The first-order chi connectivity index (χ1) is 14.2. The molecule has 158 valence electrons. The molecule has 0 bridgehead atoms. The Kier molecular flexibility index (Phi) is 9.86. The molecule has 0 aromatic heterocycles. The Morgan fingerprint density at radius 1 is 0.931 bits per heavy atom. The highest BCUT2D eigenvalue weighted by atomic mass is 16.5. The SMILES string of the molecule is CCN(CC)CCOc1ccc(CNC(=NC)NCc2ccccc2)cc1OC. The first kappa shape index (κ1) is 22.6. The van der Waals surface area contributed by atoms with Crippen molar-refractivity contribution in [1.29, 1.82) is 0 Å². The Labute approximate surface area is 174 Å². The molecule has 6 heteroatoms. The molecule has 6 nitrogen and oxygen atoms in total. The number of ether oxygens (including phenoxy) is 2. The van der Waals surface area contributed by atoms with Gasteiger partial charge in [0.05, 0.1) is 7.11 Å². The molecule has 0 amide bonds. The van der Waals surface area contributed by atoms with Crippen LogP contribution in [-0.2, 0) is 13.1 Å². The van der Waals surface area contributed by atoms with Crippen LogP contribution in [0.5, 0.6) is 11.5 Å². The van der Waals surface area contributed by atoms with E-state index in [0.717, 1.165) is 49.2 Å². The van der Waals surface area contributed by atoms with E-state index < -0.39 is 0 Å². The lowest BCUT2D eigenvalue weighted by atomic mass is 10.2. The molecule has 0 aliphatic heterocycles. The molecule has 0 fully saturated rings. The minimum atomic E-state index is 0.643. The van der Waals surface area contributed by atoms with Crippen molar-refractivity contribution in [3.05, 3.63) is 59.7 Å². The molecule has 0 spiro atoms. The fraction of sp³-hybridized carbons (Fsp3) is 0.435. The van der Waals surface area contributed by atoms with Gasteiger partial charge in [0.1, 0.15) is 6.61 Å². The second kappa shape index (κ2) is 12.7. The van der Waals surface area contributed by atoms with Gasteiger partial charge < -0.3 is 25.0 Å². The quantitative estimate of drug-likeness (QED) is 0.449. The summed E-state index contributed by atoms with van der Waals surface area (Å²) >= 11 is 0. The van der Waals surface area contributed by atoms with Crippen LogP contribution in [0.2, 0.25) is 0 Å². The van der Waals surface area contributed by atoms with E-state index in [9.17, 15) is 0 Å². The van der Waals surface area contributed by atoms with E-state index in [1.165, 1.54) is 5.56 Å². The molecule has 0 saturated carbocycles. The summed E-state index contributed by atoms with van der Waals surface area (Å²) in [6, 6.07) is 16.3. The fourth-order valence-electron chi connectivity index (χ4n) is 2.95. The van der Waals surface area contributed by atoms with Crippen LogP contribution in [0.4, 0.5) is 0 Å². The van der Waals surface area contributed by atoms with E-state index in [1.807, 2.05) is 36.4 Å². The fourth-order valence-corrected chi connectivity index (χ4v) is 2.95. The van der Waals surface area contributed by atoms with Crippen molar-refractivity contribution in [2.24, 2.45) is 4.99 Å². The summed E-state index contributed by atoms with van der Waals surface area (Å²) in [5, 5.41) is 6.66. The van der Waals surface area contributed by atoms with Gasteiger partial charge in [-0.25, -0.2) is 0 Å². The molecule has 2 aromatic carbocycles. The largest absolute Gasteiger partial charge is 0.493 e. The van der Waals surface area contributed by atoms with Crippen LogP contribution in [-0.4, -0.2) is 51.3 Å². The van der Waals surface area contributed by atoms with Gasteiger partial charge in [0.2, 0.25) is 0 Å². The van der Waals surface area contributed by atoms with Gasteiger partial charge >= 0.3 is 0 Å².